The van der Waals surface area contributed by atoms with E-state index in [9.17, 15) is 14.4 Å². The molecular formula is C24H31N3O3. The summed E-state index contributed by atoms with van der Waals surface area (Å²) in [5.74, 6) is -0.0968. The fourth-order valence-corrected chi connectivity index (χ4v) is 5.80. The highest BCUT2D eigenvalue weighted by Gasteiger charge is 2.69. The summed E-state index contributed by atoms with van der Waals surface area (Å²) in [5, 5.41) is 2.95. The number of amides is 3. The number of nitrogens with zero attached hydrogens (tertiary/aromatic N) is 2. The predicted molar refractivity (Wildman–Crippen MR) is 116 cm³/mol. The molecule has 3 heterocycles. The molecule has 160 valence electrons. The van der Waals surface area contributed by atoms with Crippen LogP contribution in [0.4, 0.5) is 5.69 Å². The summed E-state index contributed by atoms with van der Waals surface area (Å²) in [6, 6.07) is 6.68. The zero-order valence-electron chi connectivity index (χ0n) is 18.4. The van der Waals surface area contributed by atoms with Gasteiger partial charge in [0.1, 0.15) is 18.2 Å². The topological polar surface area (TPSA) is 69.7 Å². The normalized spacial score (nSPS) is 30.1. The summed E-state index contributed by atoms with van der Waals surface area (Å²) in [6.45, 7) is 13.8. The summed E-state index contributed by atoms with van der Waals surface area (Å²) < 4.78 is 0. The molecule has 3 aliphatic heterocycles. The predicted octanol–water partition coefficient (Wildman–Crippen LogP) is 2.97. The molecule has 6 heteroatoms. The van der Waals surface area contributed by atoms with Crippen LogP contribution in [0.15, 0.2) is 36.9 Å². The van der Waals surface area contributed by atoms with Gasteiger partial charge in [-0.15, -0.1) is 6.58 Å². The van der Waals surface area contributed by atoms with Crippen LogP contribution in [0.1, 0.15) is 53.0 Å². The number of hydrogen-bond donors (Lipinski definition) is 1. The SMILES string of the molecule is C=CC(C)(C)[C@]12C[C@@H]3C(=O)N[C@H](CC(C)C)C(=O)N3[C@H]1N(C(C)=O)c1ccccc12. The maximum absolute atomic E-state index is 13.7. The second-order valence-corrected chi connectivity index (χ2v) is 9.83. The smallest absolute Gasteiger partial charge is 0.247 e. The van der Waals surface area contributed by atoms with E-state index in [2.05, 4.69) is 25.7 Å². The highest BCUT2D eigenvalue weighted by Crippen LogP contribution is 2.62. The minimum atomic E-state index is -0.610. The van der Waals surface area contributed by atoms with Gasteiger partial charge in [-0.2, -0.15) is 0 Å². The van der Waals surface area contributed by atoms with Gasteiger partial charge in [0.2, 0.25) is 17.7 Å². The minimum Gasteiger partial charge on any atom is -0.342 e. The van der Waals surface area contributed by atoms with Crippen molar-refractivity contribution in [2.45, 2.75) is 71.1 Å². The third-order valence-electron chi connectivity index (χ3n) is 7.32. The second kappa shape index (κ2) is 6.69. The number of carbonyl (C=O) groups is 3. The lowest BCUT2D eigenvalue weighted by Crippen LogP contribution is -2.66. The van der Waals surface area contributed by atoms with Gasteiger partial charge in [-0.05, 0) is 35.8 Å². The molecule has 1 aromatic carbocycles. The Hall–Kier alpha value is -2.63. The molecule has 0 saturated carbocycles. The number of allylic oxidation sites excluding steroid dienone is 1. The summed E-state index contributed by atoms with van der Waals surface area (Å²) in [7, 11) is 0. The fourth-order valence-electron chi connectivity index (χ4n) is 5.80. The van der Waals surface area contributed by atoms with Crippen LogP contribution in [-0.4, -0.2) is 40.9 Å². The highest BCUT2D eigenvalue weighted by atomic mass is 16.2. The Bertz CT molecular complexity index is 937. The van der Waals surface area contributed by atoms with Crippen LogP contribution < -0.4 is 10.2 Å². The number of benzene rings is 1. The number of anilines is 1. The molecular weight excluding hydrogens is 378 g/mol. The summed E-state index contributed by atoms with van der Waals surface area (Å²) in [5.41, 5.74) is 0.762. The third kappa shape index (κ3) is 2.52. The fraction of sp³-hybridized carbons (Fsp3) is 0.542. The summed E-state index contributed by atoms with van der Waals surface area (Å²) in [6.07, 6.45) is 2.39. The van der Waals surface area contributed by atoms with Crippen LogP contribution in [0, 0.1) is 11.3 Å². The number of nitrogens with one attached hydrogen (secondary N) is 1. The molecule has 2 fully saturated rings. The number of piperazine rings is 1. The average molecular weight is 410 g/mol. The molecule has 3 amide bonds. The number of carbonyl (C=O) groups excluding carboxylic acids is 3. The van der Waals surface area contributed by atoms with Crippen molar-refractivity contribution in [2.75, 3.05) is 4.90 Å². The molecule has 4 atom stereocenters. The van der Waals surface area contributed by atoms with Crippen molar-refractivity contribution in [1.29, 1.82) is 0 Å². The molecule has 4 rings (SSSR count). The lowest BCUT2D eigenvalue weighted by Gasteiger charge is -2.46. The van der Waals surface area contributed by atoms with E-state index in [0.717, 1.165) is 11.3 Å². The van der Waals surface area contributed by atoms with E-state index >= 15 is 0 Å². The molecule has 0 unspecified atom stereocenters. The quantitative estimate of drug-likeness (QED) is 0.778. The molecule has 1 N–H and O–H groups in total. The van der Waals surface area contributed by atoms with E-state index in [4.69, 9.17) is 0 Å². The van der Waals surface area contributed by atoms with E-state index < -0.39 is 29.1 Å². The first-order valence-electron chi connectivity index (χ1n) is 10.7. The Morgan fingerprint density at radius 2 is 2.00 bits per heavy atom. The molecule has 2 saturated heterocycles. The number of rotatable bonds is 4. The van der Waals surface area contributed by atoms with Gasteiger partial charge in [0.05, 0.1) is 0 Å². The van der Waals surface area contributed by atoms with Crippen LogP contribution in [0.25, 0.3) is 0 Å². The molecule has 0 radical (unpaired) electrons. The average Bonchev–Trinajstić information content (AvgIpc) is 3.17. The van der Waals surface area contributed by atoms with Crippen molar-refractivity contribution in [3.05, 3.63) is 42.5 Å². The Balaban J connectivity index is 1.95. The molecule has 0 spiro atoms. The molecule has 1 aromatic rings. The Morgan fingerprint density at radius 3 is 2.60 bits per heavy atom. The number of fused-ring (bicyclic) bond motifs is 5. The minimum absolute atomic E-state index is 0.0981. The van der Waals surface area contributed by atoms with Crippen LogP contribution in [0.5, 0.6) is 0 Å². The van der Waals surface area contributed by atoms with E-state index in [1.54, 1.807) is 9.80 Å². The summed E-state index contributed by atoms with van der Waals surface area (Å²) in [4.78, 5) is 43.1. The zero-order chi connectivity index (χ0) is 22.0. The van der Waals surface area contributed by atoms with Crippen LogP contribution in [-0.2, 0) is 19.8 Å². The zero-order valence-corrected chi connectivity index (χ0v) is 18.4. The maximum Gasteiger partial charge on any atom is 0.247 e. The molecule has 0 aromatic heterocycles. The number of hydrogen-bond acceptors (Lipinski definition) is 3. The summed E-state index contributed by atoms with van der Waals surface area (Å²) >= 11 is 0. The van der Waals surface area contributed by atoms with E-state index in [0.29, 0.717) is 12.8 Å². The molecule has 6 nitrogen and oxygen atoms in total. The molecule has 0 bridgehead atoms. The first kappa shape index (κ1) is 20.6. The van der Waals surface area contributed by atoms with Crippen molar-refractivity contribution < 1.29 is 14.4 Å². The number of para-hydroxylation sites is 1. The van der Waals surface area contributed by atoms with Gasteiger partial charge in [0, 0.05) is 18.0 Å². The van der Waals surface area contributed by atoms with Crippen LogP contribution in [0.3, 0.4) is 0 Å². The standard InChI is InChI=1S/C24H31N3O3/c1-7-23(5,6)24-13-19-20(29)25-17(12-14(2)3)21(30)27(19)22(24)26(15(4)28)18-11-9-8-10-16(18)24/h7-11,14,17,19,22H,1,12-13H2,2-6H3,(H,25,29)/t17-,19-,22-,24+/m1/s1. The van der Waals surface area contributed by atoms with Gasteiger partial charge < -0.3 is 10.2 Å². The van der Waals surface area contributed by atoms with Gasteiger partial charge in [-0.25, -0.2) is 0 Å². The van der Waals surface area contributed by atoms with Gasteiger partial charge in [-0.1, -0.05) is 52.0 Å². The third-order valence-corrected chi connectivity index (χ3v) is 7.32. The second-order valence-electron chi connectivity index (χ2n) is 9.83. The molecule has 30 heavy (non-hydrogen) atoms. The van der Waals surface area contributed by atoms with E-state index in [1.807, 2.05) is 44.2 Å². The van der Waals surface area contributed by atoms with E-state index in [-0.39, 0.29) is 23.6 Å². The van der Waals surface area contributed by atoms with Gasteiger partial charge in [-0.3, -0.25) is 19.3 Å². The van der Waals surface area contributed by atoms with Gasteiger partial charge in [0.15, 0.2) is 0 Å². The lowest BCUT2D eigenvalue weighted by atomic mass is 9.60. The van der Waals surface area contributed by atoms with Gasteiger partial charge >= 0.3 is 0 Å². The van der Waals surface area contributed by atoms with Crippen molar-refractivity contribution in [1.82, 2.24) is 10.2 Å². The monoisotopic (exact) mass is 409 g/mol. The Labute approximate surface area is 178 Å². The lowest BCUT2D eigenvalue weighted by molar-refractivity contribution is -0.150. The van der Waals surface area contributed by atoms with Crippen molar-refractivity contribution in [2.24, 2.45) is 11.3 Å². The van der Waals surface area contributed by atoms with E-state index in [1.165, 1.54) is 6.92 Å². The largest absolute Gasteiger partial charge is 0.342 e. The van der Waals surface area contributed by atoms with Crippen molar-refractivity contribution >= 4 is 23.4 Å². The Kier molecular flexibility index (Phi) is 4.60. The highest BCUT2D eigenvalue weighted by molar-refractivity contribution is 6.02. The molecule has 3 aliphatic rings. The van der Waals surface area contributed by atoms with Crippen molar-refractivity contribution in [3.63, 3.8) is 0 Å². The van der Waals surface area contributed by atoms with Crippen LogP contribution >= 0.6 is 0 Å². The Morgan fingerprint density at radius 1 is 1.33 bits per heavy atom. The van der Waals surface area contributed by atoms with Gasteiger partial charge in [0.25, 0.3) is 0 Å². The maximum atomic E-state index is 13.7. The van der Waals surface area contributed by atoms with Crippen LogP contribution in [0.2, 0.25) is 0 Å². The molecule has 0 aliphatic carbocycles. The first-order valence-corrected chi connectivity index (χ1v) is 10.7. The van der Waals surface area contributed by atoms with Crippen molar-refractivity contribution in [3.8, 4) is 0 Å². The first-order chi connectivity index (χ1) is 14.1.